The van der Waals surface area contributed by atoms with E-state index in [2.05, 4.69) is 4.98 Å². The molecule has 1 N–H and O–H groups in total. The van der Waals surface area contributed by atoms with Crippen molar-refractivity contribution in [2.45, 2.75) is 19.6 Å². The van der Waals surface area contributed by atoms with E-state index in [0.717, 1.165) is 22.2 Å². The van der Waals surface area contributed by atoms with E-state index in [1.165, 1.54) is 0 Å². The zero-order chi connectivity index (χ0) is 14.7. The van der Waals surface area contributed by atoms with Crippen molar-refractivity contribution in [3.8, 4) is 5.75 Å². The van der Waals surface area contributed by atoms with Crippen molar-refractivity contribution in [1.29, 1.82) is 0 Å². The van der Waals surface area contributed by atoms with Crippen molar-refractivity contribution in [1.82, 2.24) is 9.88 Å². The number of pyridine rings is 1. The average Bonchev–Trinajstić information content (AvgIpc) is 2.38. The van der Waals surface area contributed by atoms with Crippen LogP contribution in [0.1, 0.15) is 12.5 Å². The third-order valence-corrected chi connectivity index (χ3v) is 3.39. The third kappa shape index (κ3) is 3.60. The number of methoxy groups -OCH3 is 1. The minimum Gasteiger partial charge on any atom is -0.497 e. The van der Waals surface area contributed by atoms with Gasteiger partial charge in [-0.1, -0.05) is 11.6 Å². The summed E-state index contributed by atoms with van der Waals surface area (Å²) in [6.07, 6.45) is -0.364. The van der Waals surface area contributed by atoms with Crippen molar-refractivity contribution in [3.63, 3.8) is 0 Å². The van der Waals surface area contributed by atoms with Gasteiger partial charge in [0.1, 0.15) is 10.9 Å². The number of aliphatic hydroxyl groups is 1. The summed E-state index contributed by atoms with van der Waals surface area (Å²) in [6, 6.07) is 7.77. The molecule has 1 aromatic carbocycles. The summed E-state index contributed by atoms with van der Waals surface area (Å²) in [5, 5.41) is 10.9. The van der Waals surface area contributed by atoms with Crippen LogP contribution in [0, 0.1) is 0 Å². The van der Waals surface area contributed by atoms with Crippen molar-refractivity contribution in [2.75, 3.05) is 20.7 Å². The zero-order valence-corrected chi connectivity index (χ0v) is 12.7. The average molecular weight is 295 g/mol. The Bertz CT molecular complexity index is 602. The number of ether oxygens (including phenoxy) is 1. The van der Waals surface area contributed by atoms with Gasteiger partial charge in [-0.2, -0.15) is 0 Å². The number of hydrogen-bond acceptors (Lipinski definition) is 4. The van der Waals surface area contributed by atoms with Crippen LogP contribution in [-0.2, 0) is 6.54 Å². The molecule has 0 aliphatic rings. The Labute approximate surface area is 123 Å². The second kappa shape index (κ2) is 6.39. The molecule has 5 heteroatoms. The van der Waals surface area contributed by atoms with Crippen LogP contribution in [0.2, 0.25) is 5.15 Å². The van der Waals surface area contributed by atoms with Gasteiger partial charge in [0.05, 0.1) is 18.7 Å². The summed E-state index contributed by atoms with van der Waals surface area (Å²) in [4.78, 5) is 6.43. The van der Waals surface area contributed by atoms with Gasteiger partial charge < -0.3 is 9.84 Å². The molecule has 108 valence electrons. The molecule has 20 heavy (non-hydrogen) atoms. The Balaban J connectivity index is 2.28. The quantitative estimate of drug-likeness (QED) is 0.861. The molecule has 1 atom stereocenters. The van der Waals surface area contributed by atoms with E-state index >= 15 is 0 Å². The van der Waals surface area contributed by atoms with Crippen molar-refractivity contribution in [2.24, 2.45) is 0 Å². The highest BCUT2D eigenvalue weighted by Gasteiger charge is 2.10. The molecule has 2 aromatic rings. The van der Waals surface area contributed by atoms with Crippen LogP contribution in [0.5, 0.6) is 5.75 Å². The fourth-order valence-electron chi connectivity index (χ4n) is 2.21. The topological polar surface area (TPSA) is 45.6 Å². The minimum absolute atomic E-state index is 0.364. The first-order valence-corrected chi connectivity index (χ1v) is 6.87. The van der Waals surface area contributed by atoms with E-state index in [9.17, 15) is 5.11 Å². The Morgan fingerprint density at radius 3 is 2.80 bits per heavy atom. The van der Waals surface area contributed by atoms with Crippen LogP contribution in [-0.4, -0.2) is 41.8 Å². The molecule has 0 spiro atoms. The number of aliphatic hydroxyl groups excluding tert-OH is 1. The SMILES string of the molecule is COc1ccc2cc(CN(C)CC(C)O)c(Cl)nc2c1. The first kappa shape index (κ1) is 15.0. The van der Waals surface area contributed by atoms with E-state index in [-0.39, 0.29) is 6.10 Å². The number of likely N-dealkylation sites (N-methyl/N-ethyl adjacent to an activating group) is 1. The minimum atomic E-state index is -0.364. The number of hydrogen-bond donors (Lipinski definition) is 1. The van der Waals surface area contributed by atoms with Gasteiger partial charge >= 0.3 is 0 Å². The maximum atomic E-state index is 9.40. The number of aromatic nitrogens is 1. The molecule has 2 rings (SSSR count). The third-order valence-electron chi connectivity index (χ3n) is 3.07. The maximum absolute atomic E-state index is 9.40. The van der Waals surface area contributed by atoms with Crippen molar-refractivity contribution < 1.29 is 9.84 Å². The fourth-order valence-corrected chi connectivity index (χ4v) is 2.42. The van der Waals surface area contributed by atoms with Gasteiger partial charge in [-0.15, -0.1) is 0 Å². The first-order valence-electron chi connectivity index (χ1n) is 6.49. The molecule has 1 aromatic heterocycles. The molecule has 1 heterocycles. The second-order valence-electron chi connectivity index (χ2n) is 5.04. The standard InChI is InChI=1S/C15H19ClN2O2/c1-10(19)8-18(2)9-12-6-11-4-5-13(20-3)7-14(11)17-15(12)16/h4-7,10,19H,8-9H2,1-3H3. The van der Waals surface area contributed by atoms with Gasteiger partial charge in [-0.05, 0) is 32.2 Å². The molecule has 4 nitrogen and oxygen atoms in total. The van der Waals surface area contributed by atoms with E-state index in [0.29, 0.717) is 18.2 Å². The van der Waals surface area contributed by atoms with Gasteiger partial charge in [0, 0.05) is 30.1 Å². The summed E-state index contributed by atoms with van der Waals surface area (Å²) in [5.74, 6) is 0.764. The summed E-state index contributed by atoms with van der Waals surface area (Å²) < 4.78 is 5.18. The lowest BCUT2D eigenvalue weighted by Gasteiger charge is -2.19. The predicted molar refractivity (Wildman–Crippen MR) is 81.3 cm³/mol. The van der Waals surface area contributed by atoms with E-state index in [4.69, 9.17) is 16.3 Å². The lowest BCUT2D eigenvalue weighted by atomic mass is 10.1. The largest absolute Gasteiger partial charge is 0.497 e. The predicted octanol–water partition coefficient (Wildman–Crippen LogP) is 2.71. The molecular formula is C15H19ClN2O2. The molecule has 0 amide bonds. The first-order chi connectivity index (χ1) is 9.49. The Morgan fingerprint density at radius 2 is 2.15 bits per heavy atom. The van der Waals surface area contributed by atoms with Gasteiger partial charge in [-0.25, -0.2) is 4.98 Å². The summed E-state index contributed by atoms with van der Waals surface area (Å²) in [6.45, 7) is 3.01. The van der Waals surface area contributed by atoms with E-state index in [1.807, 2.05) is 36.2 Å². The number of rotatable bonds is 5. The summed E-state index contributed by atoms with van der Waals surface area (Å²) in [5.41, 5.74) is 1.77. The molecule has 0 saturated carbocycles. The van der Waals surface area contributed by atoms with E-state index < -0.39 is 0 Å². The highest BCUT2D eigenvalue weighted by Crippen LogP contribution is 2.24. The zero-order valence-electron chi connectivity index (χ0n) is 11.9. The monoisotopic (exact) mass is 294 g/mol. The fraction of sp³-hybridized carbons (Fsp3) is 0.400. The Morgan fingerprint density at radius 1 is 1.40 bits per heavy atom. The normalized spacial score (nSPS) is 12.9. The number of halogens is 1. The molecular weight excluding hydrogens is 276 g/mol. The summed E-state index contributed by atoms with van der Waals surface area (Å²) >= 11 is 6.24. The molecule has 0 saturated heterocycles. The van der Waals surface area contributed by atoms with Crippen LogP contribution in [0.15, 0.2) is 24.3 Å². The van der Waals surface area contributed by atoms with Gasteiger partial charge in [-0.3, -0.25) is 4.90 Å². The number of benzene rings is 1. The van der Waals surface area contributed by atoms with Crippen molar-refractivity contribution in [3.05, 3.63) is 35.0 Å². The van der Waals surface area contributed by atoms with Crippen LogP contribution < -0.4 is 4.74 Å². The highest BCUT2D eigenvalue weighted by atomic mass is 35.5. The van der Waals surface area contributed by atoms with Gasteiger partial charge in [0.2, 0.25) is 0 Å². The Kier molecular flexibility index (Phi) is 4.81. The smallest absolute Gasteiger partial charge is 0.134 e. The van der Waals surface area contributed by atoms with Crippen LogP contribution in [0.3, 0.4) is 0 Å². The van der Waals surface area contributed by atoms with Gasteiger partial charge in [0.25, 0.3) is 0 Å². The van der Waals surface area contributed by atoms with Crippen molar-refractivity contribution >= 4 is 22.5 Å². The molecule has 1 unspecified atom stereocenters. The number of nitrogens with zero attached hydrogens (tertiary/aromatic N) is 2. The molecule has 0 aliphatic carbocycles. The summed E-state index contributed by atoms with van der Waals surface area (Å²) in [7, 11) is 3.57. The highest BCUT2D eigenvalue weighted by molar-refractivity contribution is 6.30. The molecule has 0 radical (unpaired) electrons. The van der Waals surface area contributed by atoms with E-state index in [1.54, 1.807) is 14.0 Å². The van der Waals surface area contributed by atoms with Crippen LogP contribution in [0.4, 0.5) is 0 Å². The number of fused-ring (bicyclic) bond motifs is 1. The Hall–Kier alpha value is -1.36. The molecule has 0 aliphatic heterocycles. The molecule has 0 bridgehead atoms. The second-order valence-corrected chi connectivity index (χ2v) is 5.40. The molecule has 0 fully saturated rings. The lowest BCUT2D eigenvalue weighted by molar-refractivity contribution is 0.138. The van der Waals surface area contributed by atoms with Crippen LogP contribution >= 0.6 is 11.6 Å². The van der Waals surface area contributed by atoms with Crippen LogP contribution in [0.25, 0.3) is 10.9 Å². The van der Waals surface area contributed by atoms with Gasteiger partial charge in [0.15, 0.2) is 0 Å². The lowest BCUT2D eigenvalue weighted by Crippen LogP contribution is -2.26. The maximum Gasteiger partial charge on any atom is 0.134 e.